The molecule has 0 aromatic rings. The molecule has 2 aliphatic heterocycles. The van der Waals surface area contributed by atoms with Crippen molar-refractivity contribution >= 4 is 19.7 Å². The third-order valence-corrected chi connectivity index (χ3v) is 3.65. The van der Waals surface area contributed by atoms with Gasteiger partial charge in [-0.15, -0.1) is 0 Å². The summed E-state index contributed by atoms with van der Waals surface area (Å²) in [5, 5.41) is 21.8. The van der Waals surface area contributed by atoms with Crippen molar-refractivity contribution in [2.75, 3.05) is 19.6 Å². The van der Waals surface area contributed by atoms with Gasteiger partial charge in [-0.3, -0.25) is 14.2 Å². The highest BCUT2D eigenvalue weighted by Gasteiger charge is 2.45. The molecular weight excluding hydrogens is 283 g/mol. The summed E-state index contributed by atoms with van der Waals surface area (Å²) in [7, 11) is -4.78. The summed E-state index contributed by atoms with van der Waals surface area (Å²) >= 11 is 0. The lowest BCUT2D eigenvalue weighted by molar-refractivity contribution is -0.162. The predicted octanol–water partition coefficient (Wildman–Crippen LogP) is -2.86. The van der Waals surface area contributed by atoms with Gasteiger partial charge >= 0.3 is 13.8 Å². The van der Waals surface area contributed by atoms with Gasteiger partial charge in [0.2, 0.25) is 0 Å². The molecule has 0 saturated carbocycles. The zero-order valence-corrected chi connectivity index (χ0v) is 10.5. The predicted molar refractivity (Wildman–Crippen MR) is 57.4 cm³/mol. The maximum Gasteiger partial charge on any atom is 0.531 e. The van der Waals surface area contributed by atoms with Gasteiger partial charge in [0.25, 0.3) is 5.91 Å². The van der Waals surface area contributed by atoms with E-state index in [1.165, 1.54) is 0 Å². The highest BCUT2D eigenvalue weighted by Crippen LogP contribution is 2.46. The number of hydrogen-bond donors (Lipinski definition) is 4. The van der Waals surface area contributed by atoms with Crippen molar-refractivity contribution in [1.29, 1.82) is 0 Å². The number of piperazine rings is 1. The standard InChI is InChI=1S/C8H13N2O8P/c11-5-6(12)8(14)18-19(15,16)17-4-3-9-1-2-10(4)7(5)13/h4-6,9,11-12H,1-3H2,(H,15,16). The number of carbonyl (C=O) groups is 2. The quantitative estimate of drug-likeness (QED) is 0.347. The molecule has 108 valence electrons. The molecule has 0 bridgehead atoms. The Kier molecular flexibility index (Phi) is 3.90. The van der Waals surface area contributed by atoms with E-state index in [0.717, 1.165) is 4.90 Å². The van der Waals surface area contributed by atoms with Gasteiger partial charge in [0.05, 0.1) is 0 Å². The van der Waals surface area contributed by atoms with Crippen LogP contribution >= 0.6 is 7.82 Å². The highest BCUT2D eigenvalue weighted by molar-refractivity contribution is 7.48. The second-order valence-corrected chi connectivity index (χ2v) is 5.39. The van der Waals surface area contributed by atoms with Crippen LogP contribution in [0.1, 0.15) is 0 Å². The van der Waals surface area contributed by atoms with E-state index in [1.54, 1.807) is 0 Å². The minimum absolute atomic E-state index is 0.0245. The van der Waals surface area contributed by atoms with E-state index in [0.29, 0.717) is 6.54 Å². The Hall–Kier alpha value is -1.03. The maximum atomic E-state index is 11.9. The van der Waals surface area contributed by atoms with Gasteiger partial charge in [-0.25, -0.2) is 9.36 Å². The van der Waals surface area contributed by atoms with Crippen LogP contribution in [0.2, 0.25) is 0 Å². The fourth-order valence-electron chi connectivity index (χ4n) is 1.80. The summed E-state index contributed by atoms with van der Waals surface area (Å²) in [5.74, 6) is -2.57. The maximum absolute atomic E-state index is 11.9. The van der Waals surface area contributed by atoms with Crippen molar-refractivity contribution in [1.82, 2.24) is 10.2 Å². The molecule has 0 aliphatic carbocycles. The number of phosphoric acid groups is 1. The van der Waals surface area contributed by atoms with Crippen molar-refractivity contribution in [2.24, 2.45) is 0 Å². The van der Waals surface area contributed by atoms with Crippen LogP contribution in [0.3, 0.4) is 0 Å². The summed E-state index contributed by atoms with van der Waals surface area (Å²) < 4.78 is 20.3. The molecule has 4 N–H and O–H groups in total. The second-order valence-electron chi connectivity index (χ2n) is 4.06. The number of rotatable bonds is 0. The summed E-state index contributed by atoms with van der Waals surface area (Å²) in [6, 6.07) is 0. The Morgan fingerprint density at radius 1 is 1.32 bits per heavy atom. The van der Waals surface area contributed by atoms with Gasteiger partial charge in [0.15, 0.2) is 18.4 Å². The first-order valence-electron chi connectivity index (χ1n) is 5.44. The third-order valence-electron chi connectivity index (χ3n) is 2.73. The Morgan fingerprint density at radius 3 is 2.68 bits per heavy atom. The fourth-order valence-corrected chi connectivity index (χ4v) is 2.68. The number of amides is 1. The second kappa shape index (κ2) is 5.16. The van der Waals surface area contributed by atoms with E-state index in [4.69, 9.17) is 0 Å². The van der Waals surface area contributed by atoms with Crippen LogP contribution in [0.15, 0.2) is 0 Å². The first kappa shape index (κ1) is 14.4. The van der Waals surface area contributed by atoms with E-state index in [9.17, 15) is 29.3 Å². The minimum Gasteiger partial charge on any atom is -0.380 e. The third kappa shape index (κ3) is 2.94. The number of hydrogen-bond acceptors (Lipinski definition) is 8. The van der Waals surface area contributed by atoms with Gasteiger partial charge in [0.1, 0.15) is 0 Å². The van der Waals surface area contributed by atoms with Crippen LogP contribution in [-0.2, 0) is 23.2 Å². The Labute approximate surface area is 107 Å². The van der Waals surface area contributed by atoms with Gasteiger partial charge < -0.3 is 25.0 Å². The van der Waals surface area contributed by atoms with E-state index < -0.39 is 38.1 Å². The first-order valence-corrected chi connectivity index (χ1v) is 6.93. The van der Waals surface area contributed by atoms with Crippen molar-refractivity contribution in [2.45, 2.75) is 18.4 Å². The molecular formula is C8H13N2O8P. The SMILES string of the molecule is O=C1OP(=O)(O)OC2CNCCN2C(=O)C(O)C1O. The van der Waals surface area contributed by atoms with Crippen LogP contribution in [0.5, 0.6) is 0 Å². The number of phosphoric ester groups is 1. The lowest BCUT2D eigenvalue weighted by Gasteiger charge is -2.35. The molecule has 0 aromatic carbocycles. The van der Waals surface area contributed by atoms with Crippen molar-refractivity contribution in [3.63, 3.8) is 0 Å². The zero-order chi connectivity index (χ0) is 14.2. The molecule has 2 heterocycles. The zero-order valence-electron chi connectivity index (χ0n) is 9.63. The molecule has 4 atom stereocenters. The van der Waals surface area contributed by atoms with E-state index in [2.05, 4.69) is 14.4 Å². The van der Waals surface area contributed by atoms with E-state index in [-0.39, 0.29) is 13.1 Å². The number of carbonyl (C=O) groups excluding carboxylic acids is 2. The van der Waals surface area contributed by atoms with Crippen LogP contribution in [0.4, 0.5) is 0 Å². The molecule has 2 aliphatic rings. The Morgan fingerprint density at radius 2 is 2.00 bits per heavy atom. The molecule has 1 amide bonds. The number of nitrogens with one attached hydrogen (secondary N) is 1. The molecule has 2 fully saturated rings. The molecule has 0 radical (unpaired) electrons. The van der Waals surface area contributed by atoms with Gasteiger partial charge in [-0.2, -0.15) is 0 Å². The molecule has 2 saturated heterocycles. The van der Waals surface area contributed by atoms with Crippen molar-refractivity contribution in [3.05, 3.63) is 0 Å². The number of nitrogens with zero attached hydrogens (tertiary/aromatic N) is 1. The molecule has 4 unspecified atom stereocenters. The summed E-state index contributed by atoms with van der Waals surface area (Å²) in [6.45, 7) is 0.483. The smallest absolute Gasteiger partial charge is 0.380 e. The molecule has 2 rings (SSSR count). The molecule has 11 heteroatoms. The van der Waals surface area contributed by atoms with E-state index >= 15 is 0 Å². The average Bonchev–Trinajstić information content (AvgIpc) is 2.36. The average molecular weight is 296 g/mol. The topological polar surface area (TPSA) is 146 Å². The van der Waals surface area contributed by atoms with Crippen molar-refractivity contribution < 1.29 is 38.3 Å². The van der Waals surface area contributed by atoms with Crippen LogP contribution < -0.4 is 5.32 Å². The lowest BCUT2D eigenvalue weighted by Crippen LogP contribution is -2.58. The molecule has 0 spiro atoms. The van der Waals surface area contributed by atoms with Crippen molar-refractivity contribution in [3.8, 4) is 0 Å². The lowest BCUT2D eigenvalue weighted by atomic mass is 10.1. The number of fused-ring (bicyclic) bond motifs is 1. The summed E-state index contributed by atoms with van der Waals surface area (Å²) in [5.41, 5.74) is 0. The Balaban J connectivity index is 2.34. The minimum atomic E-state index is -4.78. The normalized spacial score (nSPS) is 40.8. The largest absolute Gasteiger partial charge is 0.531 e. The Bertz CT molecular complexity index is 442. The molecule has 0 aromatic heterocycles. The van der Waals surface area contributed by atoms with Crippen LogP contribution in [-0.4, -0.2) is 70.0 Å². The van der Waals surface area contributed by atoms with E-state index in [1.807, 2.05) is 0 Å². The monoisotopic (exact) mass is 296 g/mol. The summed E-state index contributed by atoms with van der Waals surface area (Å²) in [6.07, 6.45) is -5.50. The fraction of sp³-hybridized carbons (Fsp3) is 0.750. The van der Waals surface area contributed by atoms with Gasteiger partial charge in [-0.1, -0.05) is 0 Å². The molecule has 19 heavy (non-hydrogen) atoms. The number of aliphatic hydroxyl groups is 2. The molecule has 10 nitrogen and oxygen atoms in total. The number of aliphatic hydroxyl groups excluding tert-OH is 2. The van der Waals surface area contributed by atoms with Gasteiger partial charge in [0, 0.05) is 19.6 Å². The first-order chi connectivity index (χ1) is 8.82. The van der Waals surface area contributed by atoms with Crippen LogP contribution in [0.25, 0.3) is 0 Å². The van der Waals surface area contributed by atoms with Gasteiger partial charge in [-0.05, 0) is 0 Å². The highest BCUT2D eigenvalue weighted by atomic mass is 31.2. The summed E-state index contributed by atoms with van der Waals surface area (Å²) in [4.78, 5) is 33.5. The van der Waals surface area contributed by atoms with Crippen LogP contribution in [0, 0.1) is 0 Å².